The SMILES string of the molecule is Cc1ccc(C2(C)c3ccccc3N(c3[c-]c(Oc4[c-]c(N5C=CN(C)[CH-]5)ccc4)ccc3)[CH-]N2C)cc1.[Pt+4]. The molecule has 4 aromatic rings. The standard InChI is InChI=1S/C33H30N4O.Pt/c1-25-15-17-26(18-16-25)33(2)31-13-5-6-14-32(31)37(24-35(33)4)28-10-8-12-30(22-28)38-29-11-7-9-27(21-29)36-20-19-34(3)23-36;/h5-20,23-24H,1-4H3;/q-4;+4. The second kappa shape index (κ2) is 10.9. The van der Waals surface area contributed by atoms with E-state index >= 15 is 0 Å². The van der Waals surface area contributed by atoms with Gasteiger partial charge in [0.2, 0.25) is 0 Å². The normalized spacial score (nSPS) is 18.6. The molecule has 1 atom stereocenters. The van der Waals surface area contributed by atoms with E-state index in [2.05, 4.69) is 104 Å². The molecule has 198 valence electrons. The molecule has 1 unspecified atom stereocenters. The van der Waals surface area contributed by atoms with Crippen molar-refractivity contribution < 1.29 is 25.8 Å². The molecule has 2 heterocycles. The van der Waals surface area contributed by atoms with E-state index < -0.39 is 0 Å². The summed E-state index contributed by atoms with van der Waals surface area (Å²) in [4.78, 5) is 8.45. The number of benzene rings is 4. The number of anilines is 3. The van der Waals surface area contributed by atoms with Gasteiger partial charge in [-0.2, -0.15) is 25.5 Å². The molecular weight excluding hydrogens is 663 g/mol. The maximum Gasteiger partial charge on any atom is 4.00 e. The molecule has 0 aliphatic carbocycles. The van der Waals surface area contributed by atoms with Crippen LogP contribution in [0.3, 0.4) is 0 Å². The summed E-state index contributed by atoms with van der Waals surface area (Å²) in [6.45, 7) is 8.54. The van der Waals surface area contributed by atoms with E-state index in [-0.39, 0.29) is 26.6 Å². The number of para-hydroxylation sites is 1. The van der Waals surface area contributed by atoms with Gasteiger partial charge in [-0.1, -0.05) is 48.0 Å². The van der Waals surface area contributed by atoms with Crippen LogP contribution in [0.1, 0.15) is 23.6 Å². The van der Waals surface area contributed by atoms with Gasteiger partial charge in [0.15, 0.2) is 0 Å². The molecule has 6 rings (SSSR count). The molecule has 2 aliphatic rings. The summed E-state index contributed by atoms with van der Waals surface area (Å²) in [5.41, 5.74) is 6.37. The fourth-order valence-corrected chi connectivity index (χ4v) is 5.06. The predicted octanol–water partition coefficient (Wildman–Crippen LogP) is 7.19. The van der Waals surface area contributed by atoms with Crippen LogP contribution in [0.4, 0.5) is 17.1 Å². The van der Waals surface area contributed by atoms with Crippen LogP contribution in [0.2, 0.25) is 0 Å². The molecule has 0 bridgehead atoms. The van der Waals surface area contributed by atoms with Gasteiger partial charge in [0.05, 0.1) is 0 Å². The van der Waals surface area contributed by atoms with Crippen LogP contribution in [0.5, 0.6) is 11.5 Å². The molecule has 0 fully saturated rings. The number of nitrogens with zero attached hydrogens (tertiary/aromatic N) is 4. The van der Waals surface area contributed by atoms with Crippen LogP contribution in [0, 0.1) is 32.4 Å². The van der Waals surface area contributed by atoms with Crippen LogP contribution >= 0.6 is 0 Å². The molecule has 4 aromatic carbocycles. The molecule has 5 nitrogen and oxygen atoms in total. The summed E-state index contributed by atoms with van der Waals surface area (Å²) in [5.74, 6) is 1.27. The molecule has 0 aromatic heterocycles. The Balaban J connectivity index is 0.00000308. The van der Waals surface area contributed by atoms with Crippen LogP contribution in [0.25, 0.3) is 0 Å². The monoisotopic (exact) mass is 693 g/mol. The Morgan fingerprint density at radius 1 is 0.744 bits per heavy atom. The first-order chi connectivity index (χ1) is 18.4. The Labute approximate surface area is 246 Å². The first-order valence-electron chi connectivity index (χ1n) is 12.7. The number of ether oxygens (including phenoxy) is 1. The predicted molar refractivity (Wildman–Crippen MR) is 153 cm³/mol. The molecule has 6 heteroatoms. The number of rotatable bonds is 5. The van der Waals surface area contributed by atoms with Gasteiger partial charge in [0.1, 0.15) is 0 Å². The summed E-state index contributed by atoms with van der Waals surface area (Å²) >= 11 is 0. The minimum atomic E-state index is -0.306. The third-order valence-corrected chi connectivity index (χ3v) is 7.33. The van der Waals surface area contributed by atoms with Crippen molar-refractivity contribution >= 4 is 17.1 Å². The van der Waals surface area contributed by atoms with Gasteiger partial charge in [-0.15, -0.1) is 47.8 Å². The first kappa shape index (κ1) is 27.1. The zero-order valence-corrected chi connectivity index (χ0v) is 24.7. The van der Waals surface area contributed by atoms with Gasteiger partial charge in [-0.05, 0) is 57.5 Å². The maximum atomic E-state index is 6.23. The largest absolute Gasteiger partial charge is 4.00 e. The van der Waals surface area contributed by atoms with Gasteiger partial charge >= 0.3 is 21.1 Å². The molecule has 0 amide bonds. The Bertz CT molecular complexity index is 1490. The van der Waals surface area contributed by atoms with Crippen molar-refractivity contribution in [3.05, 3.63) is 139 Å². The van der Waals surface area contributed by atoms with Crippen molar-refractivity contribution in [2.45, 2.75) is 19.4 Å². The molecule has 0 saturated heterocycles. The van der Waals surface area contributed by atoms with E-state index in [1.165, 1.54) is 16.7 Å². The van der Waals surface area contributed by atoms with Gasteiger partial charge in [0.25, 0.3) is 0 Å². The molecule has 0 radical (unpaired) electrons. The average molecular weight is 694 g/mol. The smallest absolute Gasteiger partial charge is 0.510 e. The van der Waals surface area contributed by atoms with Crippen molar-refractivity contribution in [2.24, 2.45) is 0 Å². The Kier molecular flexibility index (Phi) is 7.57. The zero-order chi connectivity index (χ0) is 26.3. The maximum absolute atomic E-state index is 6.23. The van der Waals surface area contributed by atoms with Gasteiger partial charge in [-0.25, -0.2) is 0 Å². The first-order valence-corrected chi connectivity index (χ1v) is 12.7. The van der Waals surface area contributed by atoms with Crippen LogP contribution in [-0.4, -0.2) is 23.9 Å². The van der Waals surface area contributed by atoms with Crippen LogP contribution in [-0.2, 0) is 26.6 Å². The Hall–Kier alpha value is -3.53. The van der Waals surface area contributed by atoms with Crippen molar-refractivity contribution in [1.82, 2.24) is 9.80 Å². The summed E-state index contributed by atoms with van der Waals surface area (Å²) < 4.78 is 6.23. The molecule has 39 heavy (non-hydrogen) atoms. The van der Waals surface area contributed by atoms with Crippen molar-refractivity contribution in [1.29, 1.82) is 0 Å². The topological polar surface area (TPSA) is 22.2 Å². The van der Waals surface area contributed by atoms with E-state index in [4.69, 9.17) is 4.74 Å². The number of aryl methyl sites for hydroxylation is 1. The van der Waals surface area contributed by atoms with E-state index in [1.807, 2.05) is 66.2 Å². The molecule has 0 saturated carbocycles. The van der Waals surface area contributed by atoms with E-state index in [1.54, 1.807) is 0 Å². The fourth-order valence-electron chi connectivity index (χ4n) is 5.06. The second-order valence-electron chi connectivity index (χ2n) is 9.94. The zero-order valence-electron chi connectivity index (χ0n) is 22.4. The third-order valence-electron chi connectivity index (χ3n) is 7.33. The van der Waals surface area contributed by atoms with Gasteiger partial charge in [-0.3, -0.25) is 0 Å². The minimum absolute atomic E-state index is 0. The number of hydrogen-bond acceptors (Lipinski definition) is 5. The molecule has 0 N–H and O–H groups in total. The van der Waals surface area contributed by atoms with Crippen molar-refractivity contribution in [3.8, 4) is 11.5 Å². The summed E-state index contributed by atoms with van der Waals surface area (Å²) in [6.07, 6.45) is 3.99. The van der Waals surface area contributed by atoms with E-state index in [0.717, 1.165) is 17.1 Å². The molecule has 0 spiro atoms. The Morgan fingerprint density at radius 3 is 2.10 bits per heavy atom. The quantitative estimate of drug-likeness (QED) is 0.206. The van der Waals surface area contributed by atoms with E-state index in [0.29, 0.717) is 11.5 Å². The van der Waals surface area contributed by atoms with E-state index in [9.17, 15) is 0 Å². The summed E-state index contributed by atoms with van der Waals surface area (Å²) in [5, 5.41) is 0. The summed E-state index contributed by atoms with van der Waals surface area (Å²) in [6, 6.07) is 36.1. The average Bonchev–Trinajstić information content (AvgIpc) is 3.38. The third kappa shape index (κ3) is 5.09. The van der Waals surface area contributed by atoms with Gasteiger partial charge in [0, 0.05) is 22.7 Å². The molecule has 2 aliphatic heterocycles. The van der Waals surface area contributed by atoms with Crippen LogP contribution in [0.15, 0.2) is 97.3 Å². The fraction of sp³-hybridized carbons (Fsp3) is 0.152. The minimum Gasteiger partial charge on any atom is -0.510 e. The van der Waals surface area contributed by atoms with Crippen molar-refractivity contribution in [2.75, 3.05) is 23.9 Å². The molecular formula is C33H30N4OPt. The number of hydrogen-bond donors (Lipinski definition) is 0. The van der Waals surface area contributed by atoms with Crippen LogP contribution < -0.4 is 14.5 Å². The second-order valence-corrected chi connectivity index (χ2v) is 9.94. The Morgan fingerprint density at radius 2 is 1.41 bits per heavy atom. The van der Waals surface area contributed by atoms with Gasteiger partial charge < -0.3 is 24.3 Å². The van der Waals surface area contributed by atoms with Crippen molar-refractivity contribution in [3.63, 3.8) is 0 Å². The summed E-state index contributed by atoms with van der Waals surface area (Å²) in [7, 11) is 4.12. The number of fused-ring (bicyclic) bond motifs is 1.